The topological polar surface area (TPSA) is 55.4 Å². The van der Waals surface area contributed by atoms with E-state index in [0.29, 0.717) is 11.7 Å². The Morgan fingerprint density at radius 1 is 1.13 bits per heavy atom. The smallest absolute Gasteiger partial charge is 0.227 e. The summed E-state index contributed by atoms with van der Waals surface area (Å²) in [4.78, 5) is 26.2. The fraction of sp³-hybridized carbons (Fsp3) is 0.462. The highest BCUT2D eigenvalue weighted by Crippen LogP contribution is 2.70. The van der Waals surface area contributed by atoms with E-state index in [0.717, 1.165) is 65.6 Å². The van der Waals surface area contributed by atoms with E-state index in [4.69, 9.17) is 4.74 Å². The van der Waals surface area contributed by atoms with Gasteiger partial charge in [0.25, 0.3) is 0 Å². The second kappa shape index (κ2) is 7.77. The van der Waals surface area contributed by atoms with Crippen molar-refractivity contribution in [2.45, 2.75) is 45.4 Å². The number of nitrogens with one attached hydrogen (secondary N) is 1. The number of ether oxygens (including phenoxy) is 1. The fourth-order valence-corrected chi connectivity index (χ4v) is 6.61. The largest absolute Gasteiger partial charge is 0.496 e. The van der Waals surface area contributed by atoms with Crippen LogP contribution >= 0.6 is 15.9 Å². The molecular weight excluding hydrogens is 454 g/mol. The SMILES string of the molecule is COc1cc(NC(=O)C2CCC3(CC2)C2CCc4cc(Br)ccc4C(=O)C23)ccc1C. The summed E-state index contributed by atoms with van der Waals surface area (Å²) in [7, 11) is 1.64. The van der Waals surface area contributed by atoms with Crippen LogP contribution in [0.4, 0.5) is 5.69 Å². The Kier molecular flexibility index (Phi) is 5.20. The van der Waals surface area contributed by atoms with Crippen LogP contribution in [-0.4, -0.2) is 18.8 Å². The molecule has 3 aliphatic rings. The number of anilines is 1. The summed E-state index contributed by atoms with van der Waals surface area (Å²) in [5, 5.41) is 3.07. The monoisotopic (exact) mass is 481 g/mol. The lowest BCUT2D eigenvalue weighted by molar-refractivity contribution is -0.121. The number of halogens is 1. The predicted molar refractivity (Wildman–Crippen MR) is 125 cm³/mol. The van der Waals surface area contributed by atoms with Crippen LogP contribution in [0.15, 0.2) is 40.9 Å². The van der Waals surface area contributed by atoms with Crippen molar-refractivity contribution in [3.8, 4) is 5.75 Å². The van der Waals surface area contributed by atoms with Crippen LogP contribution in [0, 0.1) is 30.1 Å². The lowest BCUT2D eigenvalue weighted by atomic mass is 9.75. The summed E-state index contributed by atoms with van der Waals surface area (Å²) in [6, 6.07) is 11.8. The minimum absolute atomic E-state index is 0.0149. The number of ketones is 1. The number of carbonyl (C=O) groups is 2. The summed E-state index contributed by atoms with van der Waals surface area (Å²) in [6.07, 6.45) is 5.75. The Morgan fingerprint density at radius 2 is 1.90 bits per heavy atom. The van der Waals surface area contributed by atoms with E-state index in [1.54, 1.807) is 7.11 Å². The van der Waals surface area contributed by atoms with Crippen LogP contribution < -0.4 is 10.1 Å². The highest BCUT2D eigenvalue weighted by atomic mass is 79.9. The number of rotatable bonds is 3. The summed E-state index contributed by atoms with van der Waals surface area (Å²) in [6.45, 7) is 1.99. The molecule has 2 fully saturated rings. The summed E-state index contributed by atoms with van der Waals surface area (Å²) in [5.41, 5.74) is 4.06. The van der Waals surface area contributed by atoms with E-state index >= 15 is 0 Å². The average molecular weight is 482 g/mol. The van der Waals surface area contributed by atoms with Gasteiger partial charge in [-0.25, -0.2) is 0 Å². The normalized spacial score (nSPS) is 29.0. The third-order valence-electron chi connectivity index (χ3n) is 7.95. The number of fused-ring (bicyclic) bond motifs is 4. The molecule has 5 heteroatoms. The summed E-state index contributed by atoms with van der Waals surface area (Å²) < 4.78 is 6.41. The number of hydrogen-bond acceptors (Lipinski definition) is 3. The first kappa shape index (κ1) is 20.7. The van der Waals surface area contributed by atoms with E-state index in [-0.39, 0.29) is 23.2 Å². The molecule has 2 saturated carbocycles. The molecule has 1 N–H and O–H groups in total. The number of carbonyl (C=O) groups excluding carboxylic acids is 2. The van der Waals surface area contributed by atoms with Crippen LogP contribution in [0.2, 0.25) is 0 Å². The fourth-order valence-electron chi connectivity index (χ4n) is 6.20. The molecule has 2 aromatic rings. The minimum Gasteiger partial charge on any atom is -0.496 e. The molecule has 0 radical (unpaired) electrons. The van der Waals surface area contributed by atoms with Gasteiger partial charge in [-0.1, -0.05) is 28.1 Å². The molecule has 2 aromatic carbocycles. The van der Waals surface area contributed by atoms with Gasteiger partial charge in [-0.2, -0.15) is 0 Å². The zero-order chi connectivity index (χ0) is 21.8. The van der Waals surface area contributed by atoms with Crippen molar-refractivity contribution in [2.75, 3.05) is 12.4 Å². The van der Waals surface area contributed by atoms with E-state index in [1.165, 1.54) is 5.56 Å². The number of benzene rings is 2. The van der Waals surface area contributed by atoms with Gasteiger partial charge < -0.3 is 10.1 Å². The van der Waals surface area contributed by atoms with Gasteiger partial charge in [0.1, 0.15) is 5.75 Å². The molecule has 2 atom stereocenters. The van der Waals surface area contributed by atoms with Gasteiger partial charge in [0, 0.05) is 33.6 Å². The maximum absolute atomic E-state index is 13.3. The van der Waals surface area contributed by atoms with Crippen LogP contribution in [0.5, 0.6) is 5.75 Å². The zero-order valence-corrected chi connectivity index (χ0v) is 19.6. The number of hydrogen-bond donors (Lipinski definition) is 1. The van der Waals surface area contributed by atoms with Gasteiger partial charge in [0.15, 0.2) is 5.78 Å². The third kappa shape index (κ3) is 3.51. The van der Waals surface area contributed by atoms with Crippen LogP contribution in [0.1, 0.15) is 53.6 Å². The molecular formula is C26H28BrNO3. The second-order valence-corrected chi connectivity index (χ2v) is 10.4. The Morgan fingerprint density at radius 3 is 2.65 bits per heavy atom. The lowest BCUT2D eigenvalue weighted by Gasteiger charge is -2.30. The van der Waals surface area contributed by atoms with E-state index in [1.807, 2.05) is 37.3 Å². The van der Waals surface area contributed by atoms with Crippen molar-refractivity contribution in [3.63, 3.8) is 0 Å². The van der Waals surface area contributed by atoms with E-state index in [2.05, 4.69) is 27.3 Å². The highest BCUT2D eigenvalue weighted by Gasteiger charge is 2.67. The predicted octanol–water partition coefficient (Wildman–Crippen LogP) is 5.96. The molecule has 1 amide bonds. The highest BCUT2D eigenvalue weighted by molar-refractivity contribution is 9.10. The number of Topliss-reactive ketones (excluding diaryl/α,β-unsaturated/α-hetero) is 1. The molecule has 5 rings (SSSR count). The van der Waals surface area contributed by atoms with Gasteiger partial charge >= 0.3 is 0 Å². The van der Waals surface area contributed by atoms with Crippen molar-refractivity contribution in [1.29, 1.82) is 0 Å². The first-order chi connectivity index (χ1) is 14.9. The van der Waals surface area contributed by atoms with Crippen molar-refractivity contribution in [1.82, 2.24) is 0 Å². The van der Waals surface area contributed by atoms with Gasteiger partial charge in [-0.15, -0.1) is 0 Å². The molecule has 4 nitrogen and oxygen atoms in total. The molecule has 0 aromatic heterocycles. The average Bonchev–Trinajstić information content (AvgIpc) is 3.41. The zero-order valence-electron chi connectivity index (χ0n) is 18.0. The second-order valence-electron chi connectivity index (χ2n) is 9.47. The minimum atomic E-state index is 0.0149. The maximum atomic E-state index is 13.3. The molecule has 162 valence electrons. The maximum Gasteiger partial charge on any atom is 0.227 e. The van der Waals surface area contributed by atoms with Crippen molar-refractivity contribution >= 4 is 33.3 Å². The Hall–Kier alpha value is -2.14. The van der Waals surface area contributed by atoms with Crippen molar-refractivity contribution in [3.05, 3.63) is 57.6 Å². The molecule has 0 heterocycles. The van der Waals surface area contributed by atoms with Crippen molar-refractivity contribution < 1.29 is 14.3 Å². The van der Waals surface area contributed by atoms with Crippen molar-refractivity contribution in [2.24, 2.45) is 23.2 Å². The standard InChI is InChI=1S/C26H28BrNO3/c1-15-3-6-19(14-22(15)31-2)28-25(30)16-9-11-26(12-10-16)21-8-4-17-13-18(27)5-7-20(17)24(29)23(21)26/h3,5-7,13-14,16,21,23H,4,8-12H2,1-2H3,(H,28,30). The first-order valence-corrected chi connectivity index (χ1v) is 12.0. The van der Waals surface area contributed by atoms with Crippen LogP contribution in [-0.2, 0) is 11.2 Å². The van der Waals surface area contributed by atoms with Crippen LogP contribution in [0.3, 0.4) is 0 Å². The Labute approximate surface area is 191 Å². The van der Waals surface area contributed by atoms with Gasteiger partial charge in [0.2, 0.25) is 5.91 Å². The quantitative estimate of drug-likeness (QED) is 0.588. The van der Waals surface area contributed by atoms with E-state index < -0.39 is 0 Å². The molecule has 2 unspecified atom stereocenters. The first-order valence-electron chi connectivity index (χ1n) is 11.2. The van der Waals surface area contributed by atoms with Crippen LogP contribution in [0.25, 0.3) is 0 Å². The number of amides is 1. The van der Waals surface area contributed by atoms with Gasteiger partial charge in [-0.05, 0) is 86.1 Å². The Balaban J connectivity index is 1.24. The number of aryl methyl sites for hydroxylation is 2. The third-order valence-corrected chi connectivity index (χ3v) is 8.45. The summed E-state index contributed by atoms with van der Waals surface area (Å²) in [5.74, 6) is 1.85. The number of methoxy groups -OCH3 is 1. The molecule has 31 heavy (non-hydrogen) atoms. The molecule has 0 bridgehead atoms. The lowest BCUT2D eigenvalue weighted by Crippen LogP contribution is -2.29. The van der Waals surface area contributed by atoms with Gasteiger partial charge in [0.05, 0.1) is 7.11 Å². The summed E-state index contributed by atoms with van der Waals surface area (Å²) >= 11 is 3.53. The molecule has 0 aliphatic heterocycles. The molecule has 0 saturated heterocycles. The van der Waals surface area contributed by atoms with E-state index in [9.17, 15) is 9.59 Å². The Bertz CT molecular complexity index is 1050. The molecule has 1 spiro atoms. The molecule has 3 aliphatic carbocycles. The van der Waals surface area contributed by atoms with Gasteiger partial charge in [-0.3, -0.25) is 9.59 Å².